The van der Waals surface area contributed by atoms with Crippen molar-refractivity contribution < 1.29 is 4.74 Å². The first-order valence-corrected chi connectivity index (χ1v) is 7.17. The van der Waals surface area contributed by atoms with Crippen molar-refractivity contribution in [3.63, 3.8) is 0 Å². The molecule has 0 bridgehead atoms. The van der Waals surface area contributed by atoms with Crippen LogP contribution in [0.25, 0.3) is 0 Å². The van der Waals surface area contributed by atoms with E-state index in [4.69, 9.17) is 10.5 Å². The first kappa shape index (κ1) is 13.2. The Labute approximate surface area is 120 Å². The van der Waals surface area contributed by atoms with Crippen LogP contribution in [0.2, 0.25) is 0 Å². The zero-order valence-electron chi connectivity index (χ0n) is 11.9. The molecule has 0 atom stereocenters. The predicted molar refractivity (Wildman–Crippen MR) is 82.1 cm³/mol. The molecule has 0 amide bonds. The van der Waals surface area contributed by atoms with Crippen LogP contribution < -0.4 is 10.5 Å². The van der Waals surface area contributed by atoms with Gasteiger partial charge >= 0.3 is 0 Å². The maximum absolute atomic E-state index is 6.11. The van der Waals surface area contributed by atoms with E-state index in [1.807, 2.05) is 12.1 Å². The molecule has 2 aromatic carbocycles. The van der Waals surface area contributed by atoms with E-state index in [9.17, 15) is 0 Å². The van der Waals surface area contributed by atoms with Gasteiger partial charge in [-0.15, -0.1) is 0 Å². The molecule has 2 nitrogen and oxygen atoms in total. The minimum atomic E-state index is 0.0765. The third kappa shape index (κ3) is 2.10. The molecular formula is C18H21NO. The number of hydrogen-bond acceptors (Lipinski definition) is 2. The Kier molecular flexibility index (Phi) is 3.49. The fourth-order valence-electron chi connectivity index (χ4n) is 3.42. The zero-order valence-corrected chi connectivity index (χ0v) is 11.9. The molecule has 3 rings (SSSR count). The number of benzene rings is 2. The highest BCUT2D eigenvalue weighted by Crippen LogP contribution is 2.53. The maximum atomic E-state index is 6.11. The number of methoxy groups -OCH3 is 1. The monoisotopic (exact) mass is 267 g/mol. The lowest BCUT2D eigenvalue weighted by Crippen LogP contribution is -2.46. The van der Waals surface area contributed by atoms with Crippen molar-refractivity contribution in [3.05, 3.63) is 65.7 Å². The van der Waals surface area contributed by atoms with Gasteiger partial charge in [-0.2, -0.15) is 0 Å². The van der Waals surface area contributed by atoms with Crippen LogP contribution in [0.15, 0.2) is 54.6 Å². The Morgan fingerprint density at radius 2 is 1.70 bits per heavy atom. The molecule has 1 aliphatic carbocycles. The Balaban J connectivity index is 1.86. The van der Waals surface area contributed by atoms with E-state index >= 15 is 0 Å². The van der Waals surface area contributed by atoms with Gasteiger partial charge in [0.2, 0.25) is 0 Å². The van der Waals surface area contributed by atoms with Crippen LogP contribution in [0.3, 0.4) is 0 Å². The van der Waals surface area contributed by atoms with Gasteiger partial charge in [0.25, 0.3) is 0 Å². The summed E-state index contributed by atoms with van der Waals surface area (Å²) in [6.45, 7) is 0.677. The van der Waals surface area contributed by atoms with Gasteiger partial charge in [-0.25, -0.2) is 0 Å². The van der Waals surface area contributed by atoms with Crippen LogP contribution in [-0.4, -0.2) is 13.7 Å². The molecule has 104 valence electrons. The van der Waals surface area contributed by atoms with Gasteiger partial charge in [0.1, 0.15) is 5.75 Å². The van der Waals surface area contributed by atoms with Crippen molar-refractivity contribution in [3.8, 4) is 5.75 Å². The summed E-state index contributed by atoms with van der Waals surface area (Å²) < 4.78 is 5.51. The highest BCUT2D eigenvalue weighted by atomic mass is 16.5. The molecule has 0 unspecified atom stereocenters. The highest BCUT2D eigenvalue weighted by molar-refractivity contribution is 5.44. The lowest BCUT2D eigenvalue weighted by Gasteiger charge is -2.48. The molecule has 2 heteroatoms. The standard InChI is InChI=1S/C18H21NO/c1-20-17-10-6-5-9-16(17)18(13-19)11-15(12-18)14-7-3-2-4-8-14/h2-10,15H,11-13,19H2,1H3. The number of hydrogen-bond donors (Lipinski definition) is 1. The van der Waals surface area contributed by atoms with Crippen molar-refractivity contribution in [1.29, 1.82) is 0 Å². The molecule has 0 spiro atoms. The first-order valence-electron chi connectivity index (χ1n) is 7.17. The Morgan fingerprint density at radius 1 is 1.05 bits per heavy atom. The largest absolute Gasteiger partial charge is 0.496 e. The summed E-state index contributed by atoms with van der Waals surface area (Å²) in [6, 6.07) is 19.0. The van der Waals surface area contributed by atoms with Gasteiger partial charge in [-0.05, 0) is 30.4 Å². The van der Waals surface area contributed by atoms with E-state index in [1.165, 1.54) is 11.1 Å². The summed E-state index contributed by atoms with van der Waals surface area (Å²) in [5.41, 5.74) is 8.87. The second-order valence-corrected chi connectivity index (χ2v) is 5.70. The summed E-state index contributed by atoms with van der Waals surface area (Å²) >= 11 is 0. The molecule has 1 saturated carbocycles. The Bertz CT molecular complexity index is 573. The van der Waals surface area contributed by atoms with Crippen molar-refractivity contribution in [2.24, 2.45) is 5.73 Å². The molecule has 2 aromatic rings. The highest BCUT2D eigenvalue weighted by Gasteiger charge is 2.46. The number of rotatable bonds is 4. The third-order valence-electron chi connectivity index (χ3n) is 4.61. The molecule has 0 aliphatic heterocycles. The van der Waals surface area contributed by atoms with Gasteiger partial charge in [-0.1, -0.05) is 48.5 Å². The van der Waals surface area contributed by atoms with E-state index in [1.54, 1.807) is 7.11 Å². The van der Waals surface area contributed by atoms with Gasteiger partial charge in [0.15, 0.2) is 0 Å². The molecular weight excluding hydrogens is 246 g/mol. The van der Waals surface area contributed by atoms with E-state index in [0.717, 1.165) is 18.6 Å². The summed E-state index contributed by atoms with van der Waals surface area (Å²) in [4.78, 5) is 0. The molecule has 1 fully saturated rings. The number of para-hydroxylation sites is 1. The normalized spacial score (nSPS) is 25.0. The van der Waals surface area contributed by atoms with Crippen molar-refractivity contribution in [1.82, 2.24) is 0 Å². The second-order valence-electron chi connectivity index (χ2n) is 5.70. The van der Waals surface area contributed by atoms with Crippen LogP contribution in [0.1, 0.15) is 29.9 Å². The van der Waals surface area contributed by atoms with Gasteiger partial charge in [0.05, 0.1) is 7.11 Å². The van der Waals surface area contributed by atoms with Gasteiger partial charge < -0.3 is 10.5 Å². The smallest absolute Gasteiger partial charge is 0.122 e. The minimum absolute atomic E-state index is 0.0765. The van der Waals surface area contributed by atoms with Crippen LogP contribution in [0, 0.1) is 0 Å². The molecule has 2 N–H and O–H groups in total. The van der Waals surface area contributed by atoms with Crippen LogP contribution >= 0.6 is 0 Å². The maximum Gasteiger partial charge on any atom is 0.122 e. The summed E-state index contributed by atoms with van der Waals surface area (Å²) in [6.07, 6.45) is 2.21. The van der Waals surface area contributed by atoms with E-state index in [2.05, 4.69) is 42.5 Å². The fraction of sp³-hybridized carbons (Fsp3) is 0.333. The minimum Gasteiger partial charge on any atom is -0.496 e. The average molecular weight is 267 g/mol. The summed E-state index contributed by atoms with van der Waals surface area (Å²) in [7, 11) is 1.73. The zero-order chi connectivity index (χ0) is 14.0. The van der Waals surface area contributed by atoms with Crippen LogP contribution in [0.4, 0.5) is 0 Å². The average Bonchev–Trinajstić information content (AvgIpc) is 2.48. The third-order valence-corrected chi connectivity index (χ3v) is 4.61. The fourth-order valence-corrected chi connectivity index (χ4v) is 3.42. The Morgan fingerprint density at radius 3 is 2.35 bits per heavy atom. The van der Waals surface area contributed by atoms with Gasteiger partial charge in [0, 0.05) is 17.5 Å². The molecule has 0 heterocycles. The quantitative estimate of drug-likeness (QED) is 0.920. The van der Waals surface area contributed by atoms with E-state index in [-0.39, 0.29) is 5.41 Å². The van der Waals surface area contributed by atoms with Gasteiger partial charge in [-0.3, -0.25) is 0 Å². The summed E-state index contributed by atoms with van der Waals surface area (Å²) in [5, 5.41) is 0. The molecule has 0 saturated heterocycles. The van der Waals surface area contributed by atoms with Crippen molar-refractivity contribution in [2.45, 2.75) is 24.2 Å². The Hall–Kier alpha value is -1.80. The predicted octanol–water partition coefficient (Wildman–Crippen LogP) is 3.47. The van der Waals surface area contributed by atoms with E-state index < -0.39 is 0 Å². The summed E-state index contributed by atoms with van der Waals surface area (Å²) in [5.74, 6) is 1.58. The lowest BCUT2D eigenvalue weighted by molar-refractivity contribution is 0.203. The van der Waals surface area contributed by atoms with E-state index in [0.29, 0.717) is 12.5 Å². The second kappa shape index (κ2) is 5.29. The first-order chi connectivity index (χ1) is 9.79. The molecule has 0 aromatic heterocycles. The molecule has 0 radical (unpaired) electrons. The molecule has 1 aliphatic rings. The van der Waals surface area contributed by atoms with Crippen molar-refractivity contribution >= 4 is 0 Å². The molecule has 20 heavy (non-hydrogen) atoms. The van der Waals surface area contributed by atoms with Crippen LogP contribution in [0.5, 0.6) is 5.75 Å². The topological polar surface area (TPSA) is 35.2 Å². The lowest BCUT2D eigenvalue weighted by atomic mass is 9.57. The number of ether oxygens (including phenoxy) is 1. The van der Waals surface area contributed by atoms with Crippen molar-refractivity contribution in [2.75, 3.05) is 13.7 Å². The van der Waals surface area contributed by atoms with Crippen LogP contribution in [-0.2, 0) is 5.41 Å². The SMILES string of the molecule is COc1ccccc1C1(CN)CC(c2ccccc2)C1. The number of nitrogens with two attached hydrogens (primary N) is 1.